The van der Waals surface area contributed by atoms with Crippen LogP contribution in [0.4, 0.5) is 0 Å². The minimum atomic E-state index is -4.18. The predicted molar refractivity (Wildman–Crippen MR) is 78.4 cm³/mol. The second-order valence-electron chi connectivity index (χ2n) is 6.21. The standard InChI is InChI=1S/C12H14N6O7S.Na/c1-12(3-17-7(10(14)21)6(9(13)20)15-16-17)8(11(22)23)18-4(19)2-5(18)26(12,24)25;/h5,8H,2-3H2,1H3,(H2,13,20)(H2,14,21)(H,22,23);/q;+1/p-1/t5-,8-,12-;/m0./s1. The fourth-order valence-electron chi connectivity index (χ4n) is 3.40. The molecule has 2 aliphatic rings. The summed E-state index contributed by atoms with van der Waals surface area (Å²) >= 11 is 0. The number of carboxylic acids is 1. The van der Waals surface area contributed by atoms with Gasteiger partial charge in [0.15, 0.2) is 21.2 Å². The molecule has 3 amide bonds. The Bertz CT molecular complexity index is 975. The number of carboxylic acid groups (broad SMARTS) is 1. The average Bonchev–Trinajstić information content (AvgIpc) is 2.97. The summed E-state index contributed by atoms with van der Waals surface area (Å²) in [7, 11) is -4.18. The van der Waals surface area contributed by atoms with Crippen LogP contribution >= 0.6 is 0 Å². The van der Waals surface area contributed by atoms with Crippen LogP contribution in [0.25, 0.3) is 0 Å². The van der Waals surface area contributed by atoms with Crippen molar-refractivity contribution >= 4 is 33.5 Å². The Balaban J connectivity index is 0.00000261. The monoisotopic (exact) mass is 408 g/mol. The van der Waals surface area contributed by atoms with Crippen molar-refractivity contribution in [1.82, 2.24) is 19.9 Å². The Morgan fingerprint density at radius 2 is 1.89 bits per heavy atom. The Hall–Kier alpha value is -2.03. The summed E-state index contributed by atoms with van der Waals surface area (Å²) < 4.78 is 24.2. The maximum Gasteiger partial charge on any atom is 1.00 e. The molecule has 1 aromatic rings. The van der Waals surface area contributed by atoms with E-state index in [0.717, 1.165) is 11.8 Å². The van der Waals surface area contributed by atoms with Gasteiger partial charge in [0.05, 0.1) is 25.0 Å². The molecule has 0 unspecified atom stereocenters. The number of carbonyl (C=O) groups is 4. The van der Waals surface area contributed by atoms with E-state index in [1.165, 1.54) is 0 Å². The second kappa shape index (κ2) is 6.54. The third-order valence-corrected chi connectivity index (χ3v) is 7.46. The summed E-state index contributed by atoms with van der Waals surface area (Å²) in [6, 6.07) is -1.80. The van der Waals surface area contributed by atoms with Gasteiger partial charge in [-0.05, 0) is 6.92 Å². The molecule has 0 bridgehead atoms. The van der Waals surface area contributed by atoms with Crippen LogP contribution in [0.1, 0.15) is 34.3 Å². The smallest absolute Gasteiger partial charge is 0.548 e. The number of fused-ring (bicyclic) bond motifs is 1. The molecule has 4 N–H and O–H groups in total. The van der Waals surface area contributed by atoms with Crippen LogP contribution in [-0.4, -0.2) is 68.2 Å². The van der Waals surface area contributed by atoms with Gasteiger partial charge in [0.2, 0.25) is 5.91 Å². The Morgan fingerprint density at radius 3 is 2.33 bits per heavy atom. The zero-order chi connectivity index (χ0) is 19.6. The fraction of sp³-hybridized carbons (Fsp3) is 0.500. The molecule has 3 rings (SSSR count). The van der Waals surface area contributed by atoms with Crippen LogP contribution in [0.3, 0.4) is 0 Å². The quantitative estimate of drug-likeness (QED) is 0.349. The van der Waals surface area contributed by atoms with Crippen LogP contribution < -0.4 is 46.1 Å². The van der Waals surface area contributed by atoms with Crippen molar-refractivity contribution in [2.24, 2.45) is 11.5 Å². The van der Waals surface area contributed by atoms with Gasteiger partial charge >= 0.3 is 29.6 Å². The Morgan fingerprint density at radius 1 is 1.30 bits per heavy atom. The van der Waals surface area contributed by atoms with Crippen LogP contribution in [-0.2, 0) is 26.0 Å². The number of rotatable bonds is 5. The number of hydrogen-bond acceptors (Lipinski definition) is 9. The van der Waals surface area contributed by atoms with Gasteiger partial charge in [0.1, 0.15) is 10.1 Å². The number of aromatic nitrogens is 3. The molecule has 2 saturated heterocycles. The molecular weight excluding hydrogens is 395 g/mol. The minimum Gasteiger partial charge on any atom is -0.548 e. The molecule has 2 aliphatic heterocycles. The van der Waals surface area contributed by atoms with Gasteiger partial charge in [-0.25, -0.2) is 13.1 Å². The molecule has 140 valence electrons. The third-order valence-electron chi connectivity index (χ3n) is 4.70. The summed E-state index contributed by atoms with van der Waals surface area (Å²) in [5.74, 6) is -4.71. The summed E-state index contributed by atoms with van der Waals surface area (Å²) in [6.45, 7) is 0.387. The van der Waals surface area contributed by atoms with E-state index in [-0.39, 0.29) is 36.0 Å². The maximum absolute atomic E-state index is 12.8. The van der Waals surface area contributed by atoms with E-state index in [9.17, 15) is 32.7 Å². The van der Waals surface area contributed by atoms with Crippen LogP contribution in [0, 0.1) is 0 Å². The molecule has 27 heavy (non-hydrogen) atoms. The Labute approximate surface area is 174 Å². The third kappa shape index (κ3) is 2.74. The van der Waals surface area contributed by atoms with Gasteiger partial charge in [0, 0.05) is 0 Å². The number of sulfone groups is 1. The second-order valence-corrected chi connectivity index (χ2v) is 8.78. The molecule has 0 radical (unpaired) electrons. The van der Waals surface area contributed by atoms with E-state index >= 15 is 0 Å². The van der Waals surface area contributed by atoms with Crippen molar-refractivity contribution in [3.05, 3.63) is 11.4 Å². The first-order chi connectivity index (χ1) is 11.9. The fourth-order valence-corrected chi connectivity index (χ4v) is 5.75. The van der Waals surface area contributed by atoms with E-state index in [4.69, 9.17) is 11.5 Å². The number of hydrogen-bond donors (Lipinski definition) is 2. The maximum atomic E-state index is 12.8. The minimum absolute atomic E-state index is 0. The Kier molecular flexibility index (Phi) is 5.15. The number of amides is 3. The van der Waals surface area contributed by atoms with Gasteiger partial charge in [-0.15, -0.1) is 5.10 Å². The molecule has 0 aromatic carbocycles. The van der Waals surface area contributed by atoms with Gasteiger partial charge in [-0.2, -0.15) is 0 Å². The normalized spacial score (nSPS) is 28.0. The zero-order valence-electron chi connectivity index (χ0n) is 14.3. The van der Waals surface area contributed by atoms with Crippen molar-refractivity contribution in [3.63, 3.8) is 0 Å². The summed E-state index contributed by atoms with van der Waals surface area (Å²) in [5.41, 5.74) is 9.10. The molecule has 3 heterocycles. The van der Waals surface area contributed by atoms with Crippen molar-refractivity contribution in [2.75, 3.05) is 0 Å². The largest absolute Gasteiger partial charge is 1.00 e. The predicted octanol–water partition coefficient (Wildman–Crippen LogP) is -7.66. The van der Waals surface area contributed by atoms with Gasteiger partial charge in [0.25, 0.3) is 11.8 Å². The molecule has 2 fully saturated rings. The number of nitrogens with two attached hydrogens (primary N) is 2. The van der Waals surface area contributed by atoms with Gasteiger partial charge in [-0.1, -0.05) is 5.21 Å². The molecule has 0 saturated carbocycles. The van der Waals surface area contributed by atoms with Crippen molar-refractivity contribution in [1.29, 1.82) is 0 Å². The van der Waals surface area contributed by atoms with Crippen LogP contribution in [0.15, 0.2) is 0 Å². The molecule has 13 nitrogen and oxygen atoms in total. The van der Waals surface area contributed by atoms with E-state index in [1.807, 2.05) is 0 Å². The molecule has 15 heteroatoms. The van der Waals surface area contributed by atoms with Gasteiger partial charge in [-0.3, -0.25) is 14.4 Å². The van der Waals surface area contributed by atoms with Crippen LogP contribution in [0.2, 0.25) is 0 Å². The van der Waals surface area contributed by atoms with E-state index in [1.54, 1.807) is 0 Å². The summed E-state index contributed by atoms with van der Waals surface area (Å²) in [4.78, 5) is 47.0. The SMILES string of the molecule is C[C@]1(Cn2nnc(C(N)=O)c2C(N)=O)[C@H](C(=O)[O-])N2C(=O)C[C@@H]2S1(=O)=O.[Na+]. The first kappa shape index (κ1) is 21.3. The van der Waals surface area contributed by atoms with E-state index in [2.05, 4.69) is 10.3 Å². The van der Waals surface area contributed by atoms with Crippen molar-refractivity contribution in [3.8, 4) is 0 Å². The number of aliphatic carboxylic acids is 1. The number of β-lactam (4-membered cyclic amide) rings is 1. The van der Waals surface area contributed by atoms with Gasteiger partial charge < -0.3 is 26.3 Å². The number of carbonyl (C=O) groups excluding carboxylic acids is 4. The first-order valence-corrected chi connectivity index (χ1v) is 8.76. The molecule has 0 spiro atoms. The van der Waals surface area contributed by atoms with E-state index in [0.29, 0.717) is 4.68 Å². The number of primary amides is 2. The molecular formula is C12H13N6NaO7S. The number of nitrogens with zero attached hydrogens (tertiary/aromatic N) is 4. The van der Waals surface area contributed by atoms with E-state index < -0.39 is 67.6 Å². The summed E-state index contributed by atoms with van der Waals surface area (Å²) in [5, 5.41) is 17.2. The average molecular weight is 408 g/mol. The molecule has 1 aromatic heterocycles. The van der Waals surface area contributed by atoms with Crippen LogP contribution in [0.5, 0.6) is 0 Å². The van der Waals surface area contributed by atoms with Crippen molar-refractivity contribution < 1.29 is 62.3 Å². The molecule has 3 atom stereocenters. The summed E-state index contributed by atoms with van der Waals surface area (Å²) in [6.07, 6.45) is -0.353. The molecule has 0 aliphatic carbocycles. The zero-order valence-corrected chi connectivity index (χ0v) is 17.1. The first-order valence-electron chi connectivity index (χ1n) is 7.22. The topological polar surface area (TPSA) is 211 Å². The van der Waals surface area contributed by atoms with Crippen molar-refractivity contribution in [2.45, 2.75) is 36.1 Å².